The SMILES string of the molecule is Cc1cc(C(=O)COC(=O)/C=C/c2ccccc2[N+](=O)[O-])c(C)n1Cc1cccs1. The van der Waals surface area contributed by atoms with Crippen LogP contribution in [0.25, 0.3) is 6.08 Å². The van der Waals surface area contributed by atoms with E-state index in [1.807, 2.05) is 31.4 Å². The lowest BCUT2D eigenvalue weighted by atomic mass is 10.1. The number of ketones is 1. The second-order valence-corrected chi connectivity index (χ2v) is 7.66. The first-order chi connectivity index (χ1) is 14.4. The number of aromatic nitrogens is 1. The average molecular weight is 424 g/mol. The van der Waals surface area contributed by atoms with Crippen LogP contribution in [0.2, 0.25) is 0 Å². The van der Waals surface area contributed by atoms with Gasteiger partial charge in [-0.25, -0.2) is 4.79 Å². The van der Waals surface area contributed by atoms with Crippen molar-refractivity contribution >= 4 is 34.9 Å². The van der Waals surface area contributed by atoms with Gasteiger partial charge in [0.05, 0.1) is 17.0 Å². The Morgan fingerprint density at radius 3 is 2.67 bits per heavy atom. The molecular weight excluding hydrogens is 404 g/mol. The molecule has 0 amide bonds. The van der Waals surface area contributed by atoms with E-state index in [2.05, 4.69) is 4.57 Å². The summed E-state index contributed by atoms with van der Waals surface area (Å²) < 4.78 is 7.09. The normalized spacial score (nSPS) is 11.0. The van der Waals surface area contributed by atoms with Gasteiger partial charge in [-0.05, 0) is 43.5 Å². The molecule has 0 aliphatic heterocycles. The standard InChI is InChI=1S/C22H20N2O5S/c1-15-12-19(16(2)23(15)13-18-7-5-11-30-18)21(25)14-29-22(26)10-9-17-6-3-4-8-20(17)24(27)28/h3-12H,13-14H2,1-2H3/b10-9+. The zero-order valence-electron chi connectivity index (χ0n) is 16.5. The molecule has 1 aromatic carbocycles. The Morgan fingerprint density at radius 1 is 1.20 bits per heavy atom. The van der Waals surface area contributed by atoms with Crippen LogP contribution in [0.5, 0.6) is 0 Å². The Balaban J connectivity index is 1.63. The maximum Gasteiger partial charge on any atom is 0.331 e. The average Bonchev–Trinajstić information content (AvgIpc) is 3.34. The number of carbonyl (C=O) groups is 2. The van der Waals surface area contributed by atoms with Crippen molar-refractivity contribution in [2.24, 2.45) is 0 Å². The minimum Gasteiger partial charge on any atom is -0.454 e. The van der Waals surface area contributed by atoms with Gasteiger partial charge in [0.2, 0.25) is 5.78 Å². The third kappa shape index (κ3) is 4.90. The van der Waals surface area contributed by atoms with E-state index in [-0.39, 0.29) is 17.0 Å². The number of esters is 1. The van der Waals surface area contributed by atoms with Gasteiger partial charge >= 0.3 is 5.97 Å². The monoisotopic (exact) mass is 424 g/mol. The fourth-order valence-electron chi connectivity index (χ4n) is 3.10. The summed E-state index contributed by atoms with van der Waals surface area (Å²) in [5, 5.41) is 13.0. The topological polar surface area (TPSA) is 91.4 Å². The number of nitro groups is 1. The van der Waals surface area contributed by atoms with E-state index in [9.17, 15) is 19.7 Å². The number of nitro benzene ring substituents is 1. The molecule has 0 radical (unpaired) electrons. The molecule has 8 heteroatoms. The summed E-state index contributed by atoms with van der Waals surface area (Å²) in [7, 11) is 0. The summed E-state index contributed by atoms with van der Waals surface area (Å²) in [4.78, 5) is 36.2. The Labute approximate surface area is 177 Å². The minimum absolute atomic E-state index is 0.115. The van der Waals surface area contributed by atoms with Crippen LogP contribution in [0, 0.1) is 24.0 Å². The van der Waals surface area contributed by atoms with Crippen molar-refractivity contribution in [3.8, 4) is 0 Å². The number of hydrogen-bond acceptors (Lipinski definition) is 6. The molecule has 3 aromatic rings. The van der Waals surface area contributed by atoms with Gasteiger partial charge in [-0.3, -0.25) is 14.9 Å². The van der Waals surface area contributed by atoms with Crippen molar-refractivity contribution in [3.05, 3.63) is 91.4 Å². The molecule has 0 aliphatic rings. The van der Waals surface area contributed by atoms with Crippen LogP contribution in [0.4, 0.5) is 5.69 Å². The second kappa shape index (κ2) is 9.32. The molecule has 30 heavy (non-hydrogen) atoms. The van der Waals surface area contributed by atoms with Gasteiger partial charge in [-0.15, -0.1) is 11.3 Å². The van der Waals surface area contributed by atoms with Crippen LogP contribution in [-0.2, 0) is 16.1 Å². The third-order valence-electron chi connectivity index (χ3n) is 4.65. The molecule has 2 aromatic heterocycles. The first-order valence-corrected chi connectivity index (χ1v) is 10.1. The number of nitrogens with zero attached hydrogens (tertiary/aromatic N) is 2. The lowest BCUT2D eigenvalue weighted by Crippen LogP contribution is -2.13. The quantitative estimate of drug-likeness (QED) is 0.174. The lowest BCUT2D eigenvalue weighted by molar-refractivity contribution is -0.385. The molecule has 154 valence electrons. The molecule has 0 atom stereocenters. The summed E-state index contributed by atoms with van der Waals surface area (Å²) in [6.07, 6.45) is 2.38. The predicted molar refractivity (Wildman–Crippen MR) is 115 cm³/mol. The summed E-state index contributed by atoms with van der Waals surface area (Å²) >= 11 is 1.65. The lowest BCUT2D eigenvalue weighted by Gasteiger charge is -2.08. The zero-order chi connectivity index (χ0) is 21.7. The van der Waals surface area contributed by atoms with Crippen molar-refractivity contribution in [1.82, 2.24) is 4.57 Å². The summed E-state index contributed by atoms with van der Waals surface area (Å²) in [6.45, 7) is 4.08. The van der Waals surface area contributed by atoms with E-state index < -0.39 is 17.5 Å². The van der Waals surface area contributed by atoms with Gasteiger partial charge in [0.1, 0.15) is 0 Å². The van der Waals surface area contributed by atoms with Crippen LogP contribution in [0.1, 0.15) is 32.2 Å². The van der Waals surface area contributed by atoms with Crippen LogP contribution in [0.15, 0.2) is 53.9 Å². The predicted octanol–water partition coefficient (Wildman–Crippen LogP) is 4.56. The first kappa shape index (κ1) is 21.2. The number of thiophene rings is 1. The van der Waals surface area contributed by atoms with E-state index in [0.29, 0.717) is 12.1 Å². The van der Waals surface area contributed by atoms with Gasteiger partial charge in [0, 0.05) is 34.0 Å². The molecule has 0 spiro atoms. The molecule has 0 aliphatic carbocycles. The highest BCUT2D eigenvalue weighted by Crippen LogP contribution is 2.21. The van der Waals surface area contributed by atoms with Crippen LogP contribution in [-0.4, -0.2) is 27.8 Å². The van der Waals surface area contributed by atoms with E-state index in [0.717, 1.165) is 17.5 Å². The molecule has 0 unspecified atom stereocenters. The van der Waals surface area contributed by atoms with Crippen molar-refractivity contribution in [3.63, 3.8) is 0 Å². The van der Waals surface area contributed by atoms with E-state index in [4.69, 9.17) is 4.74 Å². The molecule has 0 bridgehead atoms. The van der Waals surface area contributed by atoms with Crippen molar-refractivity contribution in [1.29, 1.82) is 0 Å². The van der Waals surface area contributed by atoms with Gasteiger partial charge < -0.3 is 9.30 Å². The Kier molecular flexibility index (Phi) is 6.58. The largest absolute Gasteiger partial charge is 0.454 e. The fraction of sp³-hybridized carbons (Fsp3) is 0.182. The smallest absolute Gasteiger partial charge is 0.331 e. The zero-order valence-corrected chi connectivity index (χ0v) is 17.3. The van der Waals surface area contributed by atoms with Crippen LogP contribution < -0.4 is 0 Å². The van der Waals surface area contributed by atoms with Gasteiger partial charge in [0.15, 0.2) is 6.61 Å². The Morgan fingerprint density at radius 2 is 1.97 bits per heavy atom. The highest BCUT2D eigenvalue weighted by molar-refractivity contribution is 7.09. The van der Waals surface area contributed by atoms with Crippen molar-refractivity contribution in [2.45, 2.75) is 20.4 Å². The maximum atomic E-state index is 12.6. The summed E-state index contributed by atoms with van der Waals surface area (Å²) in [5.74, 6) is -1.04. The van der Waals surface area contributed by atoms with Crippen molar-refractivity contribution in [2.75, 3.05) is 6.61 Å². The molecular formula is C22H20N2O5S. The Bertz CT molecular complexity index is 1110. The number of ether oxygens (including phenoxy) is 1. The van der Waals surface area contributed by atoms with Crippen LogP contribution in [0.3, 0.4) is 0 Å². The molecule has 0 fully saturated rings. The molecule has 0 N–H and O–H groups in total. The van der Waals surface area contributed by atoms with Gasteiger partial charge in [-0.1, -0.05) is 18.2 Å². The molecule has 0 saturated carbocycles. The number of benzene rings is 1. The number of aryl methyl sites for hydroxylation is 1. The molecule has 2 heterocycles. The van der Waals surface area contributed by atoms with E-state index >= 15 is 0 Å². The third-order valence-corrected chi connectivity index (χ3v) is 5.51. The number of carbonyl (C=O) groups excluding carboxylic acids is 2. The Hall–Kier alpha value is -3.52. The van der Waals surface area contributed by atoms with Crippen molar-refractivity contribution < 1.29 is 19.2 Å². The fourth-order valence-corrected chi connectivity index (χ4v) is 3.79. The highest BCUT2D eigenvalue weighted by atomic mass is 32.1. The highest BCUT2D eigenvalue weighted by Gasteiger charge is 2.17. The van der Waals surface area contributed by atoms with Crippen LogP contribution >= 0.6 is 11.3 Å². The summed E-state index contributed by atoms with van der Waals surface area (Å²) in [6, 6.07) is 11.9. The number of hydrogen-bond donors (Lipinski definition) is 0. The summed E-state index contributed by atoms with van der Waals surface area (Å²) in [5.41, 5.74) is 2.45. The minimum atomic E-state index is -0.742. The molecule has 3 rings (SSSR count). The second-order valence-electron chi connectivity index (χ2n) is 6.63. The number of para-hydroxylation sites is 1. The van der Waals surface area contributed by atoms with E-state index in [1.54, 1.807) is 29.5 Å². The van der Waals surface area contributed by atoms with Gasteiger partial charge in [-0.2, -0.15) is 0 Å². The number of Topliss-reactive ketones (excluding diaryl/α,β-unsaturated/α-hetero) is 1. The molecule has 7 nitrogen and oxygen atoms in total. The number of rotatable bonds is 8. The first-order valence-electron chi connectivity index (χ1n) is 9.17. The molecule has 0 saturated heterocycles. The maximum absolute atomic E-state index is 12.6. The van der Waals surface area contributed by atoms with Gasteiger partial charge in [0.25, 0.3) is 5.69 Å². The van der Waals surface area contributed by atoms with E-state index in [1.165, 1.54) is 23.1 Å².